The van der Waals surface area contributed by atoms with Crippen LogP contribution < -0.4 is 0 Å². The van der Waals surface area contributed by atoms with Crippen LogP contribution >= 0.6 is 0 Å². The number of aryl methyl sites for hydroxylation is 1. The molecular formula is C21H28N4O3. The van der Waals surface area contributed by atoms with Gasteiger partial charge in [0.15, 0.2) is 5.76 Å². The van der Waals surface area contributed by atoms with Crippen molar-refractivity contribution in [3.8, 4) is 0 Å². The third-order valence-corrected chi connectivity index (χ3v) is 5.80. The van der Waals surface area contributed by atoms with Gasteiger partial charge < -0.3 is 14.4 Å². The molecule has 0 radical (unpaired) electrons. The number of rotatable bonds is 6. The maximum Gasteiger partial charge on any atom is 0.289 e. The van der Waals surface area contributed by atoms with Crippen molar-refractivity contribution in [1.29, 1.82) is 0 Å². The van der Waals surface area contributed by atoms with E-state index in [2.05, 4.69) is 21.8 Å². The Morgan fingerprint density at radius 3 is 2.82 bits per heavy atom. The minimum atomic E-state index is -0.560. The van der Waals surface area contributed by atoms with Gasteiger partial charge in [-0.2, -0.15) is 0 Å². The summed E-state index contributed by atoms with van der Waals surface area (Å²) in [6.07, 6.45) is 8.29. The predicted octanol–water partition coefficient (Wildman–Crippen LogP) is 1.90. The van der Waals surface area contributed by atoms with Crippen molar-refractivity contribution in [3.05, 3.63) is 47.4 Å². The van der Waals surface area contributed by atoms with E-state index < -0.39 is 6.10 Å². The number of carbonyl (C=O) groups is 1. The van der Waals surface area contributed by atoms with E-state index in [1.807, 2.05) is 6.07 Å². The molecule has 2 fully saturated rings. The van der Waals surface area contributed by atoms with Crippen molar-refractivity contribution in [2.45, 2.75) is 45.3 Å². The van der Waals surface area contributed by atoms with E-state index in [4.69, 9.17) is 4.42 Å². The largest absolute Gasteiger partial charge is 0.456 e. The molecule has 1 amide bonds. The zero-order chi connectivity index (χ0) is 19.5. The molecule has 28 heavy (non-hydrogen) atoms. The molecule has 0 aromatic carbocycles. The molecular weight excluding hydrogens is 356 g/mol. The number of hydrogen-bond donors (Lipinski definition) is 1. The number of furan rings is 1. The van der Waals surface area contributed by atoms with E-state index in [1.54, 1.807) is 23.5 Å². The van der Waals surface area contributed by atoms with Crippen molar-refractivity contribution >= 4 is 5.91 Å². The first-order valence-electron chi connectivity index (χ1n) is 10.2. The Balaban J connectivity index is 1.43. The molecule has 1 N–H and O–H groups in total. The summed E-state index contributed by atoms with van der Waals surface area (Å²) >= 11 is 0. The van der Waals surface area contributed by atoms with Crippen molar-refractivity contribution < 1.29 is 14.3 Å². The van der Waals surface area contributed by atoms with E-state index in [0.29, 0.717) is 25.3 Å². The van der Waals surface area contributed by atoms with E-state index in [1.165, 1.54) is 12.8 Å². The van der Waals surface area contributed by atoms with E-state index >= 15 is 0 Å². The quantitative estimate of drug-likeness (QED) is 0.819. The highest BCUT2D eigenvalue weighted by molar-refractivity contribution is 5.92. The zero-order valence-corrected chi connectivity index (χ0v) is 16.4. The summed E-state index contributed by atoms with van der Waals surface area (Å²) in [4.78, 5) is 25.5. The fraction of sp³-hybridized carbons (Fsp3) is 0.571. The summed E-state index contributed by atoms with van der Waals surface area (Å²) in [6, 6.07) is 1.90. The van der Waals surface area contributed by atoms with Crippen LogP contribution in [0.3, 0.4) is 0 Å². The summed E-state index contributed by atoms with van der Waals surface area (Å²) in [7, 11) is 0. The summed E-state index contributed by atoms with van der Waals surface area (Å²) in [5, 5.41) is 10.4. The van der Waals surface area contributed by atoms with Crippen LogP contribution in [-0.2, 0) is 19.4 Å². The Hall–Kier alpha value is -2.25. The number of aliphatic hydroxyl groups excluding tert-OH is 1. The van der Waals surface area contributed by atoms with Crippen LogP contribution in [0.25, 0.3) is 0 Å². The second-order valence-corrected chi connectivity index (χ2v) is 7.83. The van der Waals surface area contributed by atoms with Crippen LogP contribution in [0.5, 0.6) is 0 Å². The monoisotopic (exact) mass is 384 g/mol. The Morgan fingerprint density at radius 1 is 1.29 bits per heavy atom. The van der Waals surface area contributed by atoms with Crippen LogP contribution in [-0.4, -0.2) is 63.1 Å². The number of β-amino-alcohol motifs (C(OH)–C–C–N with tert-alkyl or cyclic N) is 1. The highest BCUT2D eigenvalue weighted by atomic mass is 16.4. The summed E-state index contributed by atoms with van der Waals surface area (Å²) in [5.41, 5.74) is 1.95. The van der Waals surface area contributed by atoms with E-state index in [0.717, 1.165) is 43.1 Å². The number of likely N-dealkylation sites (tertiary alicyclic amines) is 2. The molecule has 0 saturated carbocycles. The smallest absolute Gasteiger partial charge is 0.289 e. The minimum absolute atomic E-state index is 0.0367. The van der Waals surface area contributed by atoms with Gasteiger partial charge in [0.1, 0.15) is 5.76 Å². The third kappa shape index (κ3) is 4.10. The molecule has 2 aliphatic rings. The molecule has 7 heteroatoms. The lowest BCUT2D eigenvalue weighted by Gasteiger charge is -2.14. The molecule has 0 unspecified atom stereocenters. The van der Waals surface area contributed by atoms with E-state index in [-0.39, 0.29) is 11.8 Å². The highest BCUT2D eigenvalue weighted by Gasteiger charge is 2.36. The molecule has 4 heterocycles. The normalized spacial score (nSPS) is 22.9. The first kappa shape index (κ1) is 19.1. The number of aromatic nitrogens is 2. The standard InChI is InChI=1S/C21H28N4O3/c1-2-19-16(12-24-7-3-4-8-24)10-20(28-19)21(27)25-13-15(18(26)14-25)9-17-11-22-5-6-23-17/h5-6,10-11,15,18,26H,2-4,7-9,12-14H2,1H3/t15-,18-/m1/s1. The fourth-order valence-corrected chi connectivity index (χ4v) is 4.27. The van der Waals surface area contributed by atoms with Gasteiger partial charge in [-0.1, -0.05) is 6.92 Å². The maximum absolute atomic E-state index is 13.0. The number of amides is 1. The molecule has 0 spiro atoms. The molecule has 0 aliphatic carbocycles. The molecule has 2 saturated heterocycles. The first-order valence-corrected chi connectivity index (χ1v) is 10.2. The van der Waals surface area contributed by atoms with E-state index in [9.17, 15) is 9.90 Å². The zero-order valence-electron chi connectivity index (χ0n) is 16.4. The second-order valence-electron chi connectivity index (χ2n) is 7.83. The molecule has 2 aromatic rings. The van der Waals surface area contributed by atoms with Gasteiger partial charge in [-0.05, 0) is 38.4 Å². The van der Waals surface area contributed by atoms with Gasteiger partial charge in [0, 0.05) is 56.1 Å². The highest BCUT2D eigenvalue weighted by Crippen LogP contribution is 2.26. The van der Waals surface area contributed by atoms with Crippen LogP contribution in [0.15, 0.2) is 29.1 Å². The molecule has 2 aromatic heterocycles. The Bertz CT molecular complexity index is 801. The lowest BCUT2D eigenvalue weighted by atomic mass is 10.0. The van der Waals surface area contributed by atoms with Gasteiger partial charge in [-0.15, -0.1) is 0 Å². The minimum Gasteiger partial charge on any atom is -0.456 e. The molecule has 150 valence electrons. The SMILES string of the molecule is CCc1oc(C(=O)N2C[C@@H](Cc3cnccn3)[C@H](O)C2)cc1CN1CCCC1. The summed E-state index contributed by atoms with van der Waals surface area (Å²) < 4.78 is 5.92. The Morgan fingerprint density at radius 2 is 2.11 bits per heavy atom. The van der Waals surface area contributed by atoms with Crippen molar-refractivity contribution in [2.24, 2.45) is 5.92 Å². The lowest BCUT2D eigenvalue weighted by Crippen LogP contribution is -2.29. The van der Waals surface area contributed by atoms with Crippen molar-refractivity contribution in [1.82, 2.24) is 19.8 Å². The first-order chi connectivity index (χ1) is 13.6. The number of carbonyl (C=O) groups excluding carboxylic acids is 1. The molecule has 2 aliphatic heterocycles. The van der Waals surface area contributed by atoms with Crippen LogP contribution in [0.1, 0.15) is 47.3 Å². The topological polar surface area (TPSA) is 82.7 Å². The molecule has 2 atom stereocenters. The maximum atomic E-state index is 13.0. The van der Waals surface area contributed by atoms with Gasteiger partial charge in [0.05, 0.1) is 11.8 Å². The average Bonchev–Trinajstić information content (AvgIpc) is 3.44. The molecule has 4 rings (SSSR count). The number of nitrogens with zero attached hydrogens (tertiary/aromatic N) is 4. The molecule has 0 bridgehead atoms. The van der Waals surface area contributed by atoms with Crippen molar-refractivity contribution in [2.75, 3.05) is 26.2 Å². The Labute approximate surface area is 165 Å². The molecule has 7 nitrogen and oxygen atoms in total. The predicted molar refractivity (Wildman–Crippen MR) is 104 cm³/mol. The number of aliphatic hydroxyl groups is 1. The van der Waals surface area contributed by atoms with Crippen molar-refractivity contribution in [3.63, 3.8) is 0 Å². The Kier molecular flexibility index (Phi) is 5.73. The van der Waals surface area contributed by atoms with Gasteiger partial charge in [0.25, 0.3) is 5.91 Å². The summed E-state index contributed by atoms with van der Waals surface area (Å²) in [6.45, 7) is 5.95. The lowest BCUT2D eigenvalue weighted by molar-refractivity contribution is 0.0732. The summed E-state index contributed by atoms with van der Waals surface area (Å²) in [5.74, 6) is 1.11. The van der Waals surface area contributed by atoms with Gasteiger partial charge in [0.2, 0.25) is 0 Å². The van der Waals surface area contributed by atoms with Crippen LogP contribution in [0.2, 0.25) is 0 Å². The fourth-order valence-electron chi connectivity index (χ4n) is 4.27. The van der Waals surface area contributed by atoms with Gasteiger partial charge in [-0.3, -0.25) is 19.7 Å². The second kappa shape index (κ2) is 8.41. The van der Waals surface area contributed by atoms with Gasteiger partial charge in [-0.25, -0.2) is 0 Å². The van der Waals surface area contributed by atoms with Crippen LogP contribution in [0, 0.1) is 5.92 Å². The number of hydrogen-bond acceptors (Lipinski definition) is 6. The average molecular weight is 384 g/mol. The third-order valence-electron chi connectivity index (χ3n) is 5.80. The van der Waals surface area contributed by atoms with Crippen LogP contribution in [0.4, 0.5) is 0 Å². The van der Waals surface area contributed by atoms with Gasteiger partial charge >= 0.3 is 0 Å².